The third kappa shape index (κ3) is 10.2. The maximum Gasteiger partial charge on any atom is 0.165 e. The van der Waals surface area contributed by atoms with Crippen LogP contribution >= 0.6 is 12.6 Å². The van der Waals surface area contributed by atoms with Crippen molar-refractivity contribution in [1.29, 1.82) is 0 Å². The van der Waals surface area contributed by atoms with E-state index in [0.29, 0.717) is 11.3 Å². The summed E-state index contributed by atoms with van der Waals surface area (Å²) in [6.07, 6.45) is 9.08. The van der Waals surface area contributed by atoms with E-state index in [-0.39, 0.29) is 5.75 Å². The van der Waals surface area contributed by atoms with E-state index >= 15 is 0 Å². The number of nitrogens with zero attached hydrogens (tertiary/aromatic N) is 2. The molecule has 0 unspecified atom stereocenters. The van der Waals surface area contributed by atoms with Gasteiger partial charge in [0, 0.05) is 67.6 Å². The number of hydrogen-bond donors (Lipinski definition) is 5. The average molecular weight is 499 g/mol. The van der Waals surface area contributed by atoms with Gasteiger partial charge in [0.25, 0.3) is 0 Å². The number of methoxy groups -OCH3 is 1. The predicted octanol–water partition coefficient (Wildman–Crippen LogP) is 5.10. The summed E-state index contributed by atoms with van der Waals surface area (Å²) in [7, 11) is 3.37. The Hall–Kier alpha value is -3.30. The number of aromatic amines is 1. The Morgan fingerprint density at radius 1 is 1.03 bits per heavy atom. The first-order valence-corrected chi connectivity index (χ1v) is 12.1. The van der Waals surface area contributed by atoms with Crippen molar-refractivity contribution in [2.45, 2.75) is 13.3 Å². The second-order valence-corrected chi connectivity index (χ2v) is 7.93. The molecule has 0 saturated carbocycles. The predicted molar refractivity (Wildman–Crippen MR) is 147 cm³/mol. The van der Waals surface area contributed by atoms with Gasteiger partial charge in [0.2, 0.25) is 0 Å². The minimum Gasteiger partial charge on any atom is -0.494 e. The van der Waals surface area contributed by atoms with Crippen LogP contribution < -0.4 is 20.7 Å². The number of ether oxygens (including phenoxy) is 1. The molecule has 0 fully saturated rings. The zero-order valence-corrected chi connectivity index (χ0v) is 21.4. The molecule has 7 nitrogen and oxygen atoms in total. The molecule has 0 saturated heterocycles. The Morgan fingerprint density at radius 2 is 1.86 bits per heavy atom. The summed E-state index contributed by atoms with van der Waals surface area (Å²) in [6.45, 7) is 5.15. The minimum absolute atomic E-state index is 0.213. The molecule has 4 N–H and O–H groups in total. The molecule has 9 heteroatoms. The third-order valence-corrected chi connectivity index (χ3v) is 5.18. The molecule has 0 aliphatic carbocycles. The first-order valence-electron chi connectivity index (χ1n) is 11.4. The largest absolute Gasteiger partial charge is 0.494 e. The molecular weight excluding hydrogens is 463 g/mol. The van der Waals surface area contributed by atoms with E-state index in [1.54, 1.807) is 43.1 Å². The number of halogens is 1. The van der Waals surface area contributed by atoms with Crippen LogP contribution in [-0.2, 0) is 0 Å². The third-order valence-electron chi connectivity index (χ3n) is 4.95. The Bertz CT molecular complexity index is 1050. The zero-order chi connectivity index (χ0) is 25.3. The highest BCUT2D eigenvalue weighted by atomic mass is 32.1. The van der Waals surface area contributed by atoms with Gasteiger partial charge in [0.15, 0.2) is 11.6 Å². The second-order valence-electron chi connectivity index (χ2n) is 7.48. The van der Waals surface area contributed by atoms with Gasteiger partial charge >= 0.3 is 0 Å². The van der Waals surface area contributed by atoms with E-state index in [1.165, 1.54) is 24.4 Å². The number of aromatic nitrogens is 3. The van der Waals surface area contributed by atoms with Gasteiger partial charge in [-0.3, -0.25) is 9.97 Å². The molecular formula is C26H35FN6OS. The average Bonchev–Trinajstić information content (AvgIpc) is 3.01. The Kier molecular flexibility index (Phi) is 13.1. The normalized spacial score (nSPS) is 9.97. The van der Waals surface area contributed by atoms with Crippen LogP contribution in [0.2, 0.25) is 0 Å². The highest BCUT2D eigenvalue weighted by molar-refractivity contribution is 7.80. The molecule has 0 bridgehead atoms. The van der Waals surface area contributed by atoms with Crippen molar-refractivity contribution in [2.75, 3.05) is 50.2 Å². The standard InChI is InChI=1S/C13H12FN3O.C13H23N3S/c1-18-13-3-2-10(8-11(13)14)12-9-16-5-4-15-6-7-17-12;1-11-10-12(14-2)4-5-13(11)16-7-3-6-15-8-9-17/h2-9,17H,1H3;4-5,10,14-17H,3,6-9H2,1-2H3. The number of H-pyrrole nitrogens is 1. The summed E-state index contributed by atoms with van der Waals surface area (Å²) >= 11 is 4.15. The molecule has 0 atom stereocenters. The lowest BCUT2D eigenvalue weighted by Gasteiger charge is -2.11. The molecule has 0 radical (unpaired) electrons. The molecule has 188 valence electrons. The van der Waals surface area contributed by atoms with Gasteiger partial charge in [-0.2, -0.15) is 12.6 Å². The van der Waals surface area contributed by atoms with Crippen LogP contribution in [0.4, 0.5) is 15.8 Å². The fourth-order valence-corrected chi connectivity index (χ4v) is 3.26. The van der Waals surface area contributed by atoms with Gasteiger partial charge in [-0.15, -0.1) is 0 Å². The monoisotopic (exact) mass is 498 g/mol. The highest BCUT2D eigenvalue weighted by Gasteiger charge is 2.04. The van der Waals surface area contributed by atoms with Crippen LogP contribution in [-0.4, -0.2) is 54.5 Å². The zero-order valence-electron chi connectivity index (χ0n) is 20.5. The number of aryl methyl sites for hydroxylation is 1. The number of benzene rings is 2. The van der Waals surface area contributed by atoms with Crippen LogP contribution in [0.1, 0.15) is 12.0 Å². The molecule has 3 aromatic rings. The summed E-state index contributed by atoms with van der Waals surface area (Å²) in [4.78, 5) is 10.9. The van der Waals surface area contributed by atoms with Crippen molar-refractivity contribution in [3.63, 3.8) is 0 Å². The van der Waals surface area contributed by atoms with Crippen LogP contribution in [0.5, 0.6) is 5.75 Å². The maximum atomic E-state index is 13.6. The molecule has 1 aromatic heterocycles. The van der Waals surface area contributed by atoms with E-state index in [9.17, 15) is 4.39 Å². The topological polar surface area (TPSA) is 86.9 Å². The number of rotatable bonds is 10. The second kappa shape index (κ2) is 16.3. The van der Waals surface area contributed by atoms with Gasteiger partial charge in [-0.25, -0.2) is 4.39 Å². The minimum atomic E-state index is -0.415. The van der Waals surface area contributed by atoms with Crippen molar-refractivity contribution in [2.24, 2.45) is 0 Å². The summed E-state index contributed by atoms with van der Waals surface area (Å²) in [6, 6.07) is 11.1. The van der Waals surface area contributed by atoms with E-state index < -0.39 is 5.82 Å². The SMILES string of the molecule is CNc1ccc(NCCCNCCS)c(C)c1.COc1ccc(-c2cnccncc[nH]2)cc1F. The highest BCUT2D eigenvalue weighted by Crippen LogP contribution is 2.23. The molecule has 0 aliphatic rings. The number of nitrogens with one attached hydrogen (secondary N) is 4. The molecule has 35 heavy (non-hydrogen) atoms. The summed E-state index contributed by atoms with van der Waals surface area (Å²) in [5.41, 5.74) is 5.01. The lowest BCUT2D eigenvalue weighted by molar-refractivity contribution is 0.386. The van der Waals surface area contributed by atoms with Crippen LogP contribution in [0, 0.1) is 12.7 Å². The number of thiol groups is 1. The Balaban J connectivity index is 0.000000247. The van der Waals surface area contributed by atoms with Crippen molar-refractivity contribution < 1.29 is 9.13 Å². The number of hydrogen-bond acceptors (Lipinski definition) is 7. The van der Waals surface area contributed by atoms with E-state index in [4.69, 9.17) is 4.74 Å². The van der Waals surface area contributed by atoms with Gasteiger partial charge in [0.1, 0.15) is 0 Å². The molecule has 0 aliphatic heterocycles. The van der Waals surface area contributed by atoms with Gasteiger partial charge in [-0.1, -0.05) is 0 Å². The molecule has 0 amide bonds. The summed E-state index contributed by atoms with van der Waals surface area (Å²) < 4.78 is 18.5. The van der Waals surface area contributed by atoms with E-state index in [2.05, 4.69) is 68.7 Å². The molecule has 2 aromatic carbocycles. The van der Waals surface area contributed by atoms with E-state index in [1.807, 2.05) is 7.05 Å². The first kappa shape index (κ1) is 27.9. The Labute approximate surface area is 212 Å². The fraction of sp³-hybridized carbons (Fsp3) is 0.308. The van der Waals surface area contributed by atoms with Crippen LogP contribution in [0.15, 0.2) is 67.4 Å². The van der Waals surface area contributed by atoms with Gasteiger partial charge in [0.05, 0.1) is 19.0 Å². The van der Waals surface area contributed by atoms with Crippen molar-refractivity contribution in [1.82, 2.24) is 20.3 Å². The summed E-state index contributed by atoms with van der Waals surface area (Å²) in [5.74, 6) is 0.699. The summed E-state index contributed by atoms with van der Waals surface area (Å²) in [5, 5.41) is 9.92. The quantitative estimate of drug-likeness (QED) is 0.197. The first-order chi connectivity index (χ1) is 17.1. The molecule has 3 rings (SSSR count). The van der Waals surface area contributed by atoms with Crippen molar-refractivity contribution in [3.05, 3.63) is 78.8 Å². The van der Waals surface area contributed by atoms with Crippen molar-refractivity contribution in [3.8, 4) is 17.0 Å². The lowest BCUT2D eigenvalue weighted by atomic mass is 10.1. The van der Waals surface area contributed by atoms with Gasteiger partial charge < -0.3 is 25.7 Å². The van der Waals surface area contributed by atoms with Crippen LogP contribution in [0.3, 0.4) is 0 Å². The Morgan fingerprint density at radius 3 is 2.57 bits per heavy atom. The maximum absolute atomic E-state index is 13.6. The van der Waals surface area contributed by atoms with Gasteiger partial charge in [-0.05, 0) is 61.9 Å². The smallest absolute Gasteiger partial charge is 0.165 e. The fourth-order valence-electron chi connectivity index (χ4n) is 3.10. The van der Waals surface area contributed by atoms with Crippen LogP contribution in [0.25, 0.3) is 11.3 Å². The van der Waals surface area contributed by atoms with Crippen molar-refractivity contribution >= 4 is 24.0 Å². The van der Waals surface area contributed by atoms with E-state index in [0.717, 1.165) is 37.5 Å². The molecule has 0 spiro atoms. The number of anilines is 2. The molecule has 1 heterocycles. The lowest BCUT2D eigenvalue weighted by Crippen LogP contribution is -2.20.